The van der Waals surface area contributed by atoms with Crippen LogP contribution in [0.15, 0.2) is 74.8 Å². The summed E-state index contributed by atoms with van der Waals surface area (Å²) >= 11 is 13.0. The molecule has 0 N–H and O–H groups in total. The second-order valence-corrected chi connectivity index (χ2v) is 8.15. The van der Waals surface area contributed by atoms with Crippen LogP contribution in [0.1, 0.15) is 22.3 Å². The van der Waals surface area contributed by atoms with Crippen molar-refractivity contribution in [2.75, 3.05) is 0 Å². The number of hydrogen-bond donors (Lipinski definition) is 0. The maximum atomic E-state index is 9.10. The van der Waals surface area contributed by atoms with Crippen LogP contribution < -0.4 is 4.74 Å². The van der Waals surface area contributed by atoms with E-state index in [9.17, 15) is 0 Å². The van der Waals surface area contributed by atoms with Gasteiger partial charge < -0.3 is 9.57 Å². The lowest BCUT2D eigenvalue weighted by Crippen LogP contribution is -1.98. The predicted octanol–water partition coefficient (Wildman–Crippen LogP) is 6.87. The van der Waals surface area contributed by atoms with E-state index in [0.29, 0.717) is 22.9 Å². The standard InChI is InChI=1S/C22H15Br2ClN2O2/c23-20-9-16(12-27-29-14-18-4-2-1-3-17(18)11-26)10-21(24)22(20)28-13-15-5-7-19(25)8-6-15/h1-10,12H,13-14H2/b27-12-. The Kier molecular flexibility index (Phi) is 7.70. The fourth-order valence-corrected chi connectivity index (χ4v) is 4.07. The van der Waals surface area contributed by atoms with Gasteiger partial charge in [-0.05, 0) is 73.3 Å². The van der Waals surface area contributed by atoms with E-state index in [1.807, 2.05) is 54.6 Å². The largest absolute Gasteiger partial charge is 0.487 e. The number of nitriles is 1. The van der Waals surface area contributed by atoms with Gasteiger partial charge in [-0.1, -0.05) is 47.1 Å². The van der Waals surface area contributed by atoms with E-state index in [1.165, 1.54) is 0 Å². The number of halogens is 3. The molecule has 146 valence electrons. The number of rotatable bonds is 7. The molecule has 7 heteroatoms. The third-order valence-electron chi connectivity index (χ3n) is 3.95. The first-order chi connectivity index (χ1) is 14.1. The molecule has 4 nitrogen and oxygen atoms in total. The molecule has 3 aromatic carbocycles. The molecule has 0 fully saturated rings. The van der Waals surface area contributed by atoms with Gasteiger partial charge in [-0.2, -0.15) is 5.26 Å². The molecule has 0 aliphatic heterocycles. The molecule has 0 unspecified atom stereocenters. The van der Waals surface area contributed by atoms with Crippen LogP contribution in [-0.2, 0) is 18.1 Å². The van der Waals surface area contributed by atoms with E-state index in [2.05, 4.69) is 43.1 Å². The van der Waals surface area contributed by atoms with Crippen LogP contribution in [0.2, 0.25) is 5.02 Å². The summed E-state index contributed by atoms with van der Waals surface area (Å²) in [6.45, 7) is 0.647. The number of ether oxygens (including phenoxy) is 1. The van der Waals surface area contributed by atoms with Crippen molar-refractivity contribution in [3.8, 4) is 11.8 Å². The highest BCUT2D eigenvalue weighted by molar-refractivity contribution is 9.11. The lowest BCUT2D eigenvalue weighted by atomic mass is 10.1. The minimum Gasteiger partial charge on any atom is -0.487 e. The van der Waals surface area contributed by atoms with Crippen molar-refractivity contribution in [2.24, 2.45) is 5.16 Å². The Morgan fingerprint density at radius 3 is 2.38 bits per heavy atom. The molecule has 0 spiro atoms. The Morgan fingerprint density at radius 1 is 1.00 bits per heavy atom. The van der Waals surface area contributed by atoms with Crippen molar-refractivity contribution in [1.82, 2.24) is 0 Å². The second kappa shape index (κ2) is 10.4. The summed E-state index contributed by atoms with van der Waals surface area (Å²) in [5.74, 6) is 0.695. The third-order valence-corrected chi connectivity index (χ3v) is 5.38. The molecule has 0 radical (unpaired) electrons. The maximum Gasteiger partial charge on any atom is 0.148 e. The Morgan fingerprint density at radius 2 is 1.69 bits per heavy atom. The molecule has 0 aliphatic rings. The van der Waals surface area contributed by atoms with Gasteiger partial charge in [-0.15, -0.1) is 0 Å². The summed E-state index contributed by atoms with van der Waals surface area (Å²) < 4.78 is 7.49. The molecule has 0 bridgehead atoms. The first-order valence-corrected chi connectivity index (χ1v) is 10.5. The minimum absolute atomic E-state index is 0.227. The topological polar surface area (TPSA) is 54.6 Å². The maximum absolute atomic E-state index is 9.10. The quantitative estimate of drug-likeness (QED) is 0.246. The molecule has 3 aromatic rings. The van der Waals surface area contributed by atoms with Crippen LogP contribution in [0.5, 0.6) is 5.75 Å². The van der Waals surface area contributed by atoms with E-state index in [4.69, 9.17) is 26.4 Å². The van der Waals surface area contributed by atoms with E-state index in [-0.39, 0.29) is 6.61 Å². The molecule has 0 heterocycles. The molecule has 0 atom stereocenters. The van der Waals surface area contributed by atoms with Crippen LogP contribution >= 0.6 is 43.5 Å². The van der Waals surface area contributed by atoms with Crippen LogP contribution in [0.3, 0.4) is 0 Å². The summed E-state index contributed by atoms with van der Waals surface area (Å²) in [6.07, 6.45) is 1.60. The molecular formula is C22H15Br2ClN2O2. The number of hydrogen-bond acceptors (Lipinski definition) is 4. The van der Waals surface area contributed by atoms with Gasteiger partial charge in [0.15, 0.2) is 0 Å². The zero-order valence-corrected chi connectivity index (χ0v) is 19.0. The molecule has 0 saturated heterocycles. The van der Waals surface area contributed by atoms with Gasteiger partial charge in [-0.25, -0.2) is 0 Å². The van der Waals surface area contributed by atoms with Gasteiger partial charge in [0.25, 0.3) is 0 Å². The van der Waals surface area contributed by atoms with Crippen LogP contribution in [-0.4, -0.2) is 6.21 Å². The van der Waals surface area contributed by atoms with E-state index >= 15 is 0 Å². The van der Waals surface area contributed by atoms with Crippen molar-refractivity contribution in [1.29, 1.82) is 5.26 Å². The van der Waals surface area contributed by atoms with Crippen molar-refractivity contribution in [2.45, 2.75) is 13.2 Å². The smallest absolute Gasteiger partial charge is 0.148 e. The van der Waals surface area contributed by atoms with Crippen molar-refractivity contribution < 1.29 is 9.57 Å². The average Bonchev–Trinajstić information content (AvgIpc) is 2.72. The van der Waals surface area contributed by atoms with E-state index in [1.54, 1.807) is 12.3 Å². The molecule has 3 rings (SSSR count). The Balaban J connectivity index is 1.61. The van der Waals surface area contributed by atoms with Gasteiger partial charge in [0.2, 0.25) is 0 Å². The summed E-state index contributed by atoms with van der Waals surface area (Å²) in [7, 11) is 0. The lowest BCUT2D eigenvalue weighted by Gasteiger charge is -2.11. The number of nitrogens with zero attached hydrogens (tertiary/aromatic N) is 2. The number of benzene rings is 3. The highest BCUT2D eigenvalue weighted by atomic mass is 79.9. The fourth-order valence-electron chi connectivity index (χ4n) is 2.49. The zero-order valence-electron chi connectivity index (χ0n) is 15.1. The van der Waals surface area contributed by atoms with Gasteiger partial charge >= 0.3 is 0 Å². The summed E-state index contributed by atoms with van der Waals surface area (Å²) in [6, 6.07) is 20.7. The van der Waals surface area contributed by atoms with Crippen LogP contribution in [0.4, 0.5) is 0 Å². The summed E-state index contributed by atoms with van der Waals surface area (Å²) in [5, 5.41) is 13.8. The van der Waals surface area contributed by atoms with Gasteiger partial charge in [0.05, 0.1) is 26.8 Å². The molecular weight excluding hydrogens is 520 g/mol. The summed E-state index contributed by atoms with van der Waals surface area (Å²) in [5.41, 5.74) is 3.22. The Bertz CT molecular complexity index is 1040. The van der Waals surface area contributed by atoms with Crippen LogP contribution in [0.25, 0.3) is 0 Å². The Hall–Kier alpha value is -2.33. The zero-order chi connectivity index (χ0) is 20.6. The van der Waals surface area contributed by atoms with Crippen molar-refractivity contribution in [3.05, 3.63) is 96.9 Å². The van der Waals surface area contributed by atoms with Gasteiger partial charge in [0, 0.05) is 10.6 Å². The second-order valence-electron chi connectivity index (χ2n) is 6.01. The molecule has 0 aromatic heterocycles. The predicted molar refractivity (Wildman–Crippen MR) is 121 cm³/mol. The van der Waals surface area contributed by atoms with Crippen molar-refractivity contribution >= 4 is 49.7 Å². The average molecular weight is 535 g/mol. The SMILES string of the molecule is N#Cc1ccccc1CO/N=C\c1cc(Br)c(OCc2ccc(Cl)cc2)c(Br)c1. The molecule has 0 saturated carbocycles. The van der Waals surface area contributed by atoms with Crippen molar-refractivity contribution in [3.63, 3.8) is 0 Å². The normalized spacial score (nSPS) is 10.7. The fraction of sp³-hybridized carbons (Fsp3) is 0.0909. The molecule has 29 heavy (non-hydrogen) atoms. The molecule has 0 amide bonds. The first-order valence-electron chi connectivity index (χ1n) is 8.56. The number of oxime groups is 1. The van der Waals surface area contributed by atoms with Crippen LogP contribution in [0, 0.1) is 11.3 Å². The first kappa shape index (κ1) is 21.4. The lowest BCUT2D eigenvalue weighted by molar-refractivity contribution is 0.132. The summed E-state index contributed by atoms with van der Waals surface area (Å²) in [4.78, 5) is 5.34. The van der Waals surface area contributed by atoms with E-state index in [0.717, 1.165) is 25.6 Å². The molecule has 0 aliphatic carbocycles. The van der Waals surface area contributed by atoms with Gasteiger partial charge in [-0.3, -0.25) is 0 Å². The van der Waals surface area contributed by atoms with Gasteiger partial charge in [0.1, 0.15) is 19.0 Å². The van der Waals surface area contributed by atoms with E-state index < -0.39 is 0 Å². The monoisotopic (exact) mass is 532 g/mol. The third kappa shape index (κ3) is 6.07. The highest BCUT2D eigenvalue weighted by Gasteiger charge is 2.09. The highest BCUT2D eigenvalue weighted by Crippen LogP contribution is 2.35. The Labute approximate surface area is 191 Å². The minimum atomic E-state index is 0.227.